The Kier molecular flexibility index (Phi) is 4.06. The number of para-hydroxylation sites is 1. The van der Waals surface area contributed by atoms with Crippen molar-refractivity contribution in [1.82, 2.24) is 0 Å². The molecule has 0 saturated heterocycles. The fourth-order valence-corrected chi connectivity index (χ4v) is 1.92. The Balaban J connectivity index is 2.40. The van der Waals surface area contributed by atoms with E-state index in [-0.39, 0.29) is 0 Å². The number of carbonyl (C=O) groups is 1. The fraction of sp³-hybridized carbons (Fsp3) is 0.0714. The summed E-state index contributed by atoms with van der Waals surface area (Å²) in [5.74, 6) is 0.514. The van der Waals surface area contributed by atoms with Crippen molar-refractivity contribution in [2.75, 3.05) is 12.8 Å². The number of halogens is 1. The van der Waals surface area contributed by atoms with Crippen molar-refractivity contribution in [3.05, 3.63) is 52.5 Å². The van der Waals surface area contributed by atoms with Crippen LogP contribution in [0.1, 0.15) is 10.4 Å². The second-order valence-electron chi connectivity index (χ2n) is 3.78. The van der Waals surface area contributed by atoms with Crippen LogP contribution in [0.2, 0.25) is 0 Å². The van der Waals surface area contributed by atoms with Gasteiger partial charge in [0.05, 0.1) is 11.6 Å². The highest BCUT2D eigenvalue weighted by Gasteiger charge is 2.15. The summed E-state index contributed by atoms with van der Waals surface area (Å²) in [6.07, 6.45) is 0. The van der Waals surface area contributed by atoms with Crippen molar-refractivity contribution in [3.63, 3.8) is 0 Å². The summed E-state index contributed by atoms with van der Waals surface area (Å²) < 4.78 is 11.2. The molecule has 0 amide bonds. The molecule has 2 rings (SSSR count). The summed E-state index contributed by atoms with van der Waals surface area (Å²) in [6, 6.07) is 12.2. The summed E-state index contributed by atoms with van der Waals surface area (Å²) in [6.45, 7) is 0. The van der Waals surface area contributed by atoms with E-state index in [2.05, 4.69) is 15.9 Å². The summed E-state index contributed by atoms with van der Waals surface area (Å²) in [5.41, 5.74) is 6.43. The number of rotatable bonds is 3. The number of hydrogen-bond acceptors (Lipinski definition) is 4. The van der Waals surface area contributed by atoms with Gasteiger partial charge in [-0.15, -0.1) is 0 Å². The number of esters is 1. The lowest BCUT2D eigenvalue weighted by molar-refractivity contribution is 0.0598. The lowest BCUT2D eigenvalue weighted by Gasteiger charge is -2.11. The standard InChI is InChI=1S/C14H12BrNO3/c1-18-14(17)10-8-9(16)6-7-12(10)19-13-5-3-2-4-11(13)15/h2-8H,16H2,1H3. The zero-order valence-corrected chi connectivity index (χ0v) is 11.8. The summed E-state index contributed by atoms with van der Waals surface area (Å²) in [7, 11) is 1.31. The van der Waals surface area contributed by atoms with Crippen LogP contribution in [-0.4, -0.2) is 13.1 Å². The minimum atomic E-state index is -0.491. The molecule has 0 radical (unpaired) electrons. The van der Waals surface area contributed by atoms with Crippen molar-refractivity contribution in [2.45, 2.75) is 0 Å². The first-order valence-electron chi connectivity index (χ1n) is 5.52. The van der Waals surface area contributed by atoms with Gasteiger partial charge in [0.1, 0.15) is 17.1 Å². The van der Waals surface area contributed by atoms with Crippen molar-refractivity contribution >= 4 is 27.6 Å². The average Bonchev–Trinajstić information content (AvgIpc) is 2.42. The van der Waals surface area contributed by atoms with E-state index >= 15 is 0 Å². The maximum absolute atomic E-state index is 11.7. The van der Waals surface area contributed by atoms with Gasteiger partial charge in [-0.05, 0) is 46.3 Å². The number of anilines is 1. The molecule has 2 N–H and O–H groups in total. The van der Waals surface area contributed by atoms with Crippen LogP contribution < -0.4 is 10.5 Å². The second-order valence-corrected chi connectivity index (χ2v) is 4.63. The summed E-state index contributed by atoms with van der Waals surface area (Å²) in [4.78, 5) is 11.7. The molecule has 0 heterocycles. The topological polar surface area (TPSA) is 61.5 Å². The molecular weight excluding hydrogens is 310 g/mol. The maximum atomic E-state index is 11.7. The van der Waals surface area contributed by atoms with Gasteiger partial charge in [-0.25, -0.2) is 4.79 Å². The van der Waals surface area contributed by atoms with Gasteiger partial charge in [-0.3, -0.25) is 0 Å². The quantitative estimate of drug-likeness (QED) is 0.693. The number of ether oxygens (including phenoxy) is 2. The molecule has 5 heteroatoms. The van der Waals surface area contributed by atoms with Crippen LogP contribution in [-0.2, 0) is 4.74 Å². The number of nitrogen functional groups attached to an aromatic ring is 1. The van der Waals surface area contributed by atoms with Crippen molar-refractivity contribution < 1.29 is 14.3 Å². The highest BCUT2D eigenvalue weighted by Crippen LogP contribution is 2.32. The zero-order valence-electron chi connectivity index (χ0n) is 10.2. The molecule has 0 aliphatic carbocycles. The van der Waals surface area contributed by atoms with Crippen molar-refractivity contribution in [1.29, 1.82) is 0 Å². The number of methoxy groups -OCH3 is 1. The summed E-state index contributed by atoms with van der Waals surface area (Å²) >= 11 is 3.38. The third-order valence-corrected chi connectivity index (χ3v) is 3.12. The first-order valence-corrected chi connectivity index (χ1v) is 6.31. The molecule has 0 bridgehead atoms. The number of nitrogens with two attached hydrogens (primary N) is 1. The molecule has 0 fully saturated rings. The van der Waals surface area contributed by atoms with Gasteiger partial charge in [0.25, 0.3) is 0 Å². The smallest absolute Gasteiger partial charge is 0.341 e. The summed E-state index contributed by atoms with van der Waals surface area (Å²) in [5, 5.41) is 0. The first-order chi connectivity index (χ1) is 9.11. The van der Waals surface area contributed by atoms with Crippen LogP contribution in [0.3, 0.4) is 0 Å². The van der Waals surface area contributed by atoms with Crippen LogP contribution >= 0.6 is 15.9 Å². The minimum absolute atomic E-state index is 0.290. The zero-order chi connectivity index (χ0) is 13.8. The Morgan fingerprint density at radius 3 is 2.58 bits per heavy atom. The molecule has 0 aliphatic heterocycles. The molecule has 0 spiro atoms. The molecule has 2 aromatic carbocycles. The van der Waals surface area contributed by atoms with E-state index in [9.17, 15) is 4.79 Å². The molecule has 98 valence electrons. The molecule has 4 nitrogen and oxygen atoms in total. The Morgan fingerprint density at radius 1 is 1.16 bits per heavy atom. The highest BCUT2D eigenvalue weighted by molar-refractivity contribution is 9.10. The van der Waals surface area contributed by atoms with Crippen LogP contribution in [0.15, 0.2) is 46.9 Å². The number of carbonyl (C=O) groups excluding carboxylic acids is 1. The lowest BCUT2D eigenvalue weighted by atomic mass is 10.2. The Labute approximate surface area is 119 Å². The highest BCUT2D eigenvalue weighted by atomic mass is 79.9. The largest absolute Gasteiger partial charge is 0.465 e. The first kappa shape index (κ1) is 13.4. The number of benzene rings is 2. The van der Waals surface area contributed by atoms with Gasteiger partial charge in [0.2, 0.25) is 0 Å². The SMILES string of the molecule is COC(=O)c1cc(N)ccc1Oc1ccccc1Br. The lowest BCUT2D eigenvalue weighted by Crippen LogP contribution is -2.04. The Bertz CT molecular complexity index is 613. The predicted octanol–water partition coefficient (Wildman–Crippen LogP) is 3.61. The van der Waals surface area contributed by atoms with E-state index < -0.39 is 5.97 Å². The molecule has 0 unspecified atom stereocenters. The normalized spacial score (nSPS) is 10.0. The Morgan fingerprint density at radius 2 is 1.89 bits per heavy atom. The molecular formula is C14H12BrNO3. The molecule has 2 aromatic rings. The van der Waals surface area contributed by atoms with Gasteiger partial charge < -0.3 is 15.2 Å². The van der Waals surface area contributed by atoms with Gasteiger partial charge >= 0.3 is 5.97 Å². The average molecular weight is 322 g/mol. The molecule has 19 heavy (non-hydrogen) atoms. The van der Waals surface area contributed by atoms with Gasteiger partial charge in [0, 0.05) is 5.69 Å². The van der Waals surface area contributed by atoms with Gasteiger partial charge in [-0.2, -0.15) is 0 Å². The third kappa shape index (κ3) is 3.06. The van der Waals surface area contributed by atoms with Crippen LogP contribution in [0.5, 0.6) is 11.5 Å². The monoisotopic (exact) mass is 321 g/mol. The fourth-order valence-electron chi connectivity index (χ4n) is 1.55. The molecule has 0 saturated carbocycles. The van der Waals surface area contributed by atoms with Crippen molar-refractivity contribution in [2.24, 2.45) is 0 Å². The minimum Gasteiger partial charge on any atom is -0.465 e. The van der Waals surface area contributed by atoms with E-state index in [0.717, 1.165) is 4.47 Å². The van der Waals surface area contributed by atoms with Gasteiger partial charge in [0.15, 0.2) is 0 Å². The molecule has 0 aliphatic rings. The third-order valence-electron chi connectivity index (χ3n) is 2.47. The van der Waals surface area contributed by atoms with Gasteiger partial charge in [-0.1, -0.05) is 12.1 Å². The molecule has 0 aromatic heterocycles. The van der Waals surface area contributed by atoms with E-state index in [0.29, 0.717) is 22.7 Å². The predicted molar refractivity (Wildman–Crippen MR) is 76.4 cm³/mol. The van der Waals surface area contributed by atoms with E-state index in [1.807, 2.05) is 18.2 Å². The van der Waals surface area contributed by atoms with E-state index in [1.54, 1.807) is 18.2 Å². The van der Waals surface area contributed by atoms with Crippen molar-refractivity contribution in [3.8, 4) is 11.5 Å². The number of hydrogen-bond donors (Lipinski definition) is 1. The van der Waals surface area contributed by atoms with Crippen LogP contribution in [0, 0.1) is 0 Å². The van der Waals surface area contributed by atoms with E-state index in [1.165, 1.54) is 13.2 Å². The van der Waals surface area contributed by atoms with Crippen LogP contribution in [0.4, 0.5) is 5.69 Å². The maximum Gasteiger partial charge on any atom is 0.341 e. The molecule has 0 atom stereocenters. The Hall–Kier alpha value is -2.01. The van der Waals surface area contributed by atoms with E-state index in [4.69, 9.17) is 15.2 Å². The second kappa shape index (κ2) is 5.75. The van der Waals surface area contributed by atoms with Crippen LogP contribution in [0.25, 0.3) is 0 Å².